The lowest BCUT2D eigenvalue weighted by atomic mass is 10.0. The van der Waals surface area contributed by atoms with E-state index in [4.69, 9.17) is 10.00 Å². The Morgan fingerprint density at radius 3 is 2.88 bits per heavy atom. The van der Waals surface area contributed by atoms with Crippen molar-refractivity contribution in [2.24, 2.45) is 0 Å². The molecule has 2 aliphatic heterocycles. The summed E-state index contributed by atoms with van der Waals surface area (Å²) in [6.07, 6.45) is 0. The van der Waals surface area contributed by atoms with Crippen LogP contribution >= 0.6 is 11.8 Å². The Kier molecular flexibility index (Phi) is 5.98. The minimum atomic E-state index is -1.61. The quantitative estimate of drug-likeness (QED) is 0.522. The molecule has 0 bridgehead atoms. The maximum absolute atomic E-state index is 12.2. The highest BCUT2D eigenvalue weighted by molar-refractivity contribution is 8.00. The molecule has 2 amide bonds. The second-order valence-corrected chi connectivity index (χ2v) is 7.59. The van der Waals surface area contributed by atoms with Gasteiger partial charge in [-0.25, -0.2) is 4.79 Å². The van der Waals surface area contributed by atoms with E-state index in [1.807, 2.05) is 0 Å². The summed E-state index contributed by atoms with van der Waals surface area (Å²) in [6.45, 7) is 0.106. The van der Waals surface area contributed by atoms with Crippen LogP contribution in [-0.4, -0.2) is 74.4 Å². The topological polar surface area (TPSA) is 137 Å². The number of carboxylic acid groups (broad SMARTS) is 1. The second kappa shape index (κ2) is 7.78. The van der Waals surface area contributed by atoms with E-state index in [1.165, 1.54) is 18.9 Å². The molecule has 2 unspecified atom stereocenters. The van der Waals surface area contributed by atoms with E-state index < -0.39 is 40.0 Å². The van der Waals surface area contributed by atoms with Crippen LogP contribution < -0.4 is 5.32 Å². The van der Waals surface area contributed by atoms with Crippen LogP contribution in [-0.2, 0) is 29.9 Å². The number of hydrogen-bond donors (Lipinski definition) is 2. The Labute approximate surface area is 144 Å². The van der Waals surface area contributed by atoms with E-state index in [0.29, 0.717) is 11.3 Å². The number of nitrogens with one attached hydrogen (secondary N) is 1. The molecule has 9 nitrogen and oxygen atoms in total. The molecule has 130 valence electrons. The molecule has 1 saturated heterocycles. The number of hydrogen-bond acceptors (Lipinski definition) is 7. The molecular formula is C13H15N3O6S2. The fourth-order valence-corrected chi connectivity index (χ4v) is 4.40. The largest absolute Gasteiger partial charge is 0.477 e. The lowest BCUT2D eigenvalue weighted by molar-refractivity contribution is -0.150. The van der Waals surface area contributed by atoms with Crippen molar-refractivity contribution in [3.8, 4) is 6.07 Å². The number of carbonyl (C=O) groups excluding carboxylic acids is 2. The van der Waals surface area contributed by atoms with Gasteiger partial charge in [0.2, 0.25) is 5.91 Å². The van der Waals surface area contributed by atoms with Crippen LogP contribution in [0.5, 0.6) is 0 Å². The molecule has 0 saturated carbocycles. The van der Waals surface area contributed by atoms with Gasteiger partial charge in [0.1, 0.15) is 28.6 Å². The molecule has 2 heterocycles. The zero-order chi connectivity index (χ0) is 17.9. The molecule has 2 rings (SSSR count). The van der Waals surface area contributed by atoms with Crippen LogP contribution in [0.2, 0.25) is 0 Å². The standard InChI is InChI=1S/C13H15N3O6S2/c1-22-4-7-5-23-12-9(11(18)16(12)10(7)13(19)20)15-8(17)6-24(21)3-2-14/h9,12H,3-6H2,1H3,(H,15,17)(H,19,20)/t9?,12-,24?/m1/s1. The van der Waals surface area contributed by atoms with Crippen LogP contribution in [0.3, 0.4) is 0 Å². The molecule has 0 radical (unpaired) electrons. The first-order valence-corrected chi connectivity index (χ1v) is 9.34. The van der Waals surface area contributed by atoms with Crippen LogP contribution in [0.15, 0.2) is 11.3 Å². The molecule has 1 fully saturated rings. The third-order valence-corrected chi connectivity index (χ3v) is 5.78. The van der Waals surface area contributed by atoms with Crippen molar-refractivity contribution < 1.29 is 28.4 Å². The van der Waals surface area contributed by atoms with Gasteiger partial charge in [0.25, 0.3) is 5.91 Å². The highest BCUT2D eigenvalue weighted by atomic mass is 32.2. The van der Waals surface area contributed by atoms with Gasteiger partial charge in [0.05, 0.1) is 12.7 Å². The van der Waals surface area contributed by atoms with Crippen LogP contribution in [0.1, 0.15) is 0 Å². The summed E-state index contributed by atoms with van der Waals surface area (Å²) < 4.78 is 16.4. The molecule has 2 N–H and O–H groups in total. The fraction of sp³-hybridized carbons (Fsp3) is 0.538. The number of aliphatic carboxylic acids is 1. The molecule has 0 spiro atoms. The van der Waals surface area contributed by atoms with Gasteiger partial charge in [-0.2, -0.15) is 5.26 Å². The Morgan fingerprint density at radius 1 is 1.58 bits per heavy atom. The number of thioether (sulfide) groups is 1. The number of amides is 2. The summed E-state index contributed by atoms with van der Waals surface area (Å²) in [5, 5.41) is 19.7. The molecule has 2 aliphatic rings. The summed E-state index contributed by atoms with van der Waals surface area (Å²) in [7, 11) is -0.177. The van der Waals surface area contributed by atoms with Gasteiger partial charge in [0.15, 0.2) is 0 Å². The van der Waals surface area contributed by atoms with E-state index in [2.05, 4.69) is 5.32 Å². The number of nitrogens with zero attached hydrogens (tertiary/aromatic N) is 2. The Hall–Kier alpha value is -1.90. The highest BCUT2D eigenvalue weighted by Gasteiger charge is 2.54. The van der Waals surface area contributed by atoms with Gasteiger partial charge in [-0.15, -0.1) is 11.8 Å². The smallest absolute Gasteiger partial charge is 0.352 e. The summed E-state index contributed by atoms with van der Waals surface area (Å²) in [4.78, 5) is 36.6. The van der Waals surface area contributed by atoms with Gasteiger partial charge >= 0.3 is 5.97 Å². The zero-order valence-electron chi connectivity index (χ0n) is 12.7. The van der Waals surface area contributed by atoms with Crippen LogP contribution in [0, 0.1) is 11.3 Å². The van der Waals surface area contributed by atoms with Crippen LogP contribution in [0.25, 0.3) is 0 Å². The summed E-state index contributed by atoms with van der Waals surface area (Å²) in [5.41, 5.74) is 0.392. The number of methoxy groups -OCH3 is 1. The molecular weight excluding hydrogens is 358 g/mol. The first kappa shape index (κ1) is 18.4. The second-order valence-electron chi connectivity index (χ2n) is 5.03. The third-order valence-electron chi connectivity index (χ3n) is 3.40. The molecule has 0 aliphatic carbocycles. The zero-order valence-corrected chi connectivity index (χ0v) is 14.3. The number of carbonyl (C=O) groups is 3. The molecule has 24 heavy (non-hydrogen) atoms. The van der Waals surface area contributed by atoms with E-state index in [1.54, 1.807) is 6.07 Å². The maximum atomic E-state index is 12.2. The third kappa shape index (κ3) is 3.61. The summed E-state index contributed by atoms with van der Waals surface area (Å²) in [6, 6.07) is 0.840. The minimum absolute atomic E-state index is 0.106. The first-order valence-electron chi connectivity index (χ1n) is 6.81. The van der Waals surface area contributed by atoms with Crippen molar-refractivity contribution in [1.29, 1.82) is 5.26 Å². The average Bonchev–Trinajstić information content (AvgIpc) is 2.52. The fourth-order valence-electron chi connectivity index (χ4n) is 2.45. The minimum Gasteiger partial charge on any atom is -0.477 e. The average molecular weight is 373 g/mol. The Balaban J connectivity index is 2.06. The highest BCUT2D eigenvalue weighted by Crippen LogP contribution is 2.40. The van der Waals surface area contributed by atoms with Gasteiger partial charge in [0, 0.05) is 23.7 Å². The Bertz CT molecular complexity index is 671. The lowest BCUT2D eigenvalue weighted by Gasteiger charge is -2.49. The number of ether oxygens (including phenoxy) is 1. The maximum Gasteiger partial charge on any atom is 0.352 e. The van der Waals surface area contributed by atoms with Crippen molar-refractivity contribution in [3.05, 3.63) is 11.3 Å². The van der Waals surface area contributed by atoms with E-state index in [9.17, 15) is 23.7 Å². The van der Waals surface area contributed by atoms with Gasteiger partial charge < -0.3 is 15.2 Å². The SMILES string of the molecule is COCC1=C(C(=O)O)N2C(=O)C(NC(=O)CS(=O)CC#N)[C@H]2SC1. The van der Waals surface area contributed by atoms with Gasteiger partial charge in [-0.05, 0) is 5.57 Å². The van der Waals surface area contributed by atoms with Crippen molar-refractivity contribution in [2.75, 3.05) is 31.0 Å². The monoisotopic (exact) mass is 373 g/mol. The molecule has 0 aromatic rings. The van der Waals surface area contributed by atoms with E-state index in [0.717, 1.165) is 4.90 Å². The van der Waals surface area contributed by atoms with Crippen molar-refractivity contribution in [3.63, 3.8) is 0 Å². The lowest BCUT2D eigenvalue weighted by Crippen LogP contribution is -2.70. The molecule has 0 aromatic heterocycles. The number of fused-ring (bicyclic) bond motifs is 1. The predicted molar refractivity (Wildman–Crippen MR) is 85.0 cm³/mol. The molecule has 0 aromatic carbocycles. The van der Waals surface area contributed by atoms with E-state index >= 15 is 0 Å². The van der Waals surface area contributed by atoms with Gasteiger partial charge in [-0.1, -0.05) is 0 Å². The normalized spacial score (nSPS) is 23.8. The summed E-state index contributed by atoms with van der Waals surface area (Å²) in [5.74, 6) is -2.62. The number of rotatable bonds is 7. The van der Waals surface area contributed by atoms with Crippen LogP contribution in [0.4, 0.5) is 0 Å². The van der Waals surface area contributed by atoms with Crippen molar-refractivity contribution in [2.45, 2.75) is 11.4 Å². The Morgan fingerprint density at radius 2 is 2.29 bits per heavy atom. The number of carboxylic acids is 1. The van der Waals surface area contributed by atoms with Gasteiger partial charge in [-0.3, -0.25) is 18.7 Å². The molecule has 11 heteroatoms. The van der Waals surface area contributed by atoms with E-state index in [-0.39, 0.29) is 23.8 Å². The summed E-state index contributed by atoms with van der Waals surface area (Å²) >= 11 is 1.33. The predicted octanol–water partition coefficient (Wildman–Crippen LogP) is -1.36. The number of nitriles is 1. The van der Waals surface area contributed by atoms with Crippen molar-refractivity contribution >= 4 is 40.3 Å². The number of β-lactam (4-membered cyclic amide) rings is 1. The molecule has 3 atom stereocenters. The van der Waals surface area contributed by atoms with Crippen molar-refractivity contribution in [1.82, 2.24) is 10.2 Å². The first-order chi connectivity index (χ1) is 11.4.